The number of rotatable bonds is 14. The number of ether oxygens (including phenoxy) is 1. The van der Waals surface area contributed by atoms with Gasteiger partial charge in [0.15, 0.2) is 0 Å². The summed E-state index contributed by atoms with van der Waals surface area (Å²) in [5, 5.41) is 2.33. The second-order valence-corrected chi connectivity index (χ2v) is 6.88. The van der Waals surface area contributed by atoms with E-state index in [4.69, 9.17) is 16.3 Å². The predicted octanol–water partition coefficient (Wildman–Crippen LogP) is 5.55. The fourth-order valence-electron chi connectivity index (χ4n) is 2.68. The summed E-state index contributed by atoms with van der Waals surface area (Å²) in [5.74, 6) is -0.466. The van der Waals surface area contributed by atoms with E-state index in [1.54, 1.807) is 24.3 Å². The van der Waals surface area contributed by atoms with Crippen LogP contribution in [0.4, 0.5) is 5.69 Å². The molecule has 4 nitrogen and oxygen atoms in total. The molecule has 0 aliphatic heterocycles. The Labute approximate surface area is 156 Å². The van der Waals surface area contributed by atoms with Gasteiger partial charge in [0.1, 0.15) is 6.61 Å². The number of esters is 1. The first-order valence-corrected chi connectivity index (χ1v) is 9.73. The number of amides is 1. The third-order valence-electron chi connectivity index (χ3n) is 4.13. The lowest BCUT2D eigenvalue weighted by molar-refractivity contribution is -0.105. The van der Waals surface area contributed by atoms with Crippen LogP contribution in [-0.2, 0) is 9.53 Å². The molecule has 140 valence electrons. The first-order valence-electron chi connectivity index (χ1n) is 9.29. The third-order valence-corrected chi connectivity index (χ3v) is 4.47. The van der Waals surface area contributed by atoms with Crippen LogP contribution in [0.3, 0.4) is 0 Å². The van der Waals surface area contributed by atoms with Crippen molar-refractivity contribution in [3.63, 3.8) is 0 Å². The average Bonchev–Trinajstić information content (AvgIpc) is 2.62. The summed E-state index contributed by atoms with van der Waals surface area (Å²) in [6.07, 6.45) is 11.4. The van der Waals surface area contributed by atoms with Crippen LogP contribution in [0.15, 0.2) is 24.3 Å². The van der Waals surface area contributed by atoms with E-state index in [9.17, 15) is 9.59 Å². The molecule has 1 atom stereocenters. The molecule has 0 aliphatic rings. The summed E-state index contributed by atoms with van der Waals surface area (Å²) < 4.78 is 5.27. The monoisotopic (exact) mass is 367 g/mol. The van der Waals surface area contributed by atoms with Crippen LogP contribution < -0.4 is 5.32 Å². The maximum Gasteiger partial charge on any atom is 0.340 e. The quantitative estimate of drug-likeness (QED) is 0.203. The Morgan fingerprint density at radius 2 is 1.76 bits per heavy atom. The highest BCUT2D eigenvalue weighted by atomic mass is 35.5. The van der Waals surface area contributed by atoms with Gasteiger partial charge in [-0.15, -0.1) is 11.6 Å². The maximum absolute atomic E-state index is 12.1. The summed E-state index contributed by atoms with van der Waals surface area (Å²) in [5.41, 5.74) is 0.780. The minimum absolute atomic E-state index is 0.171. The minimum atomic E-state index is -0.466. The molecule has 0 aliphatic carbocycles. The third kappa shape index (κ3) is 9.49. The molecule has 0 saturated heterocycles. The van der Waals surface area contributed by atoms with Crippen LogP contribution in [-0.4, -0.2) is 24.4 Å². The Bertz CT molecular complexity index is 507. The fraction of sp³-hybridized carbons (Fsp3) is 0.600. The molecular formula is C20H30ClNO3. The first-order chi connectivity index (χ1) is 12.2. The SMILES string of the molecule is CCCCCCCCCCC(Cl)COC(=O)c1ccccc1NC=O. The number of halogens is 1. The second-order valence-electron chi connectivity index (χ2n) is 6.27. The molecule has 1 aromatic carbocycles. The lowest BCUT2D eigenvalue weighted by Gasteiger charge is -2.12. The van der Waals surface area contributed by atoms with Crippen LogP contribution >= 0.6 is 11.6 Å². The number of para-hydroxylation sites is 1. The van der Waals surface area contributed by atoms with E-state index in [0.717, 1.165) is 12.8 Å². The number of carbonyl (C=O) groups is 2. The van der Waals surface area contributed by atoms with Crippen molar-refractivity contribution in [2.45, 2.75) is 70.1 Å². The molecule has 0 heterocycles. The number of carbonyl (C=O) groups excluding carboxylic acids is 2. The van der Waals surface area contributed by atoms with Crippen molar-refractivity contribution >= 4 is 29.7 Å². The first kappa shape index (κ1) is 21.5. The van der Waals surface area contributed by atoms with E-state index < -0.39 is 5.97 Å². The van der Waals surface area contributed by atoms with Gasteiger partial charge >= 0.3 is 5.97 Å². The van der Waals surface area contributed by atoms with Crippen LogP contribution in [0.2, 0.25) is 0 Å². The Kier molecular flexibility index (Phi) is 11.8. The molecule has 1 amide bonds. The standard InChI is InChI=1S/C20H30ClNO3/c1-2-3-4-5-6-7-8-9-12-17(21)15-25-20(24)18-13-10-11-14-19(18)22-16-23/h10-11,13-14,16-17H,2-9,12,15H2,1H3,(H,22,23). The molecule has 0 spiro atoms. The Balaban J connectivity index is 2.18. The number of unbranched alkanes of at least 4 members (excludes halogenated alkanes) is 7. The normalized spacial score (nSPS) is 11.8. The van der Waals surface area contributed by atoms with Gasteiger partial charge in [0.05, 0.1) is 16.6 Å². The summed E-state index contributed by atoms with van der Waals surface area (Å²) in [4.78, 5) is 22.7. The number of benzene rings is 1. The summed E-state index contributed by atoms with van der Waals surface area (Å²) in [6, 6.07) is 6.75. The van der Waals surface area contributed by atoms with Crippen molar-refractivity contribution in [2.24, 2.45) is 0 Å². The second kappa shape index (κ2) is 13.7. The largest absolute Gasteiger partial charge is 0.460 e. The van der Waals surface area contributed by atoms with Gasteiger partial charge in [-0.25, -0.2) is 4.79 Å². The summed E-state index contributed by atoms with van der Waals surface area (Å²) in [6.45, 7) is 2.41. The van der Waals surface area contributed by atoms with E-state index in [0.29, 0.717) is 17.7 Å². The molecular weight excluding hydrogens is 338 g/mol. The molecule has 1 unspecified atom stereocenters. The summed E-state index contributed by atoms with van der Waals surface area (Å²) >= 11 is 6.25. The molecule has 1 aromatic rings. The predicted molar refractivity (Wildman–Crippen MR) is 103 cm³/mol. The van der Waals surface area contributed by atoms with Crippen molar-refractivity contribution in [1.29, 1.82) is 0 Å². The Morgan fingerprint density at radius 1 is 1.12 bits per heavy atom. The van der Waals surface area contributed by atoms with E-state index in [1.165, 1.54) is 44.9 Å². The highest BCUT2D eigenvalue weighted by Gasteiger charge is 2.14. The average molecular weight is 368 g/mol. The molecule has 0 aromatic heterocycles. The topological polar surface area (TPSA) is 55.4 Å². The maximum atomic E-state index is 12.1. The van der Waals surface area contributed by atoms with Crippen molar-refractivity contribution in [1.82, 2.24) is 0 Å². The van der Waals surface area contributed by atoms with Crippen molar-refractivity contribution in [3.8, 4) is 0 Å². The lowest BCUT2D eigenvalue weighted by Crippen LogP contribution is -2.15. The fourth-order valence-corrected chi connectivity index (χ4v) is 2.89. The summed E-state index contributed by atoms with van der Waals surface area (Å²) in [7, 11) is 0. The molecule has 25 heavy (non-hydrogen) atoms. The van der Waals surface area contributed by atoms with E-state index in [-0.39, 0.29) is 12.0 Å². The van der Waals surface area contributed by atoms with Gasteiger partial charge in [-0.05, 0) is 18.6 Å². The molecule has 1 N–H and O–H groups in total. The number of alkyl halides is 1. The molecule has 0 radical (unpaired) electrons. The number of hydrogen-bond acceptors (Lipinski definition) is 3. The van der Waals surface area contributed by atoms with E-state index >= 15 is 0 Å². The van der Waals surface area contributed by atoms with Crippen molar-refractivity contribution < 1.29 is 14.3 Å². The van der Waals surface area contributed by atoms with Crippen molar-refractivity contribution in [2.75, 3.05) is 11.9 Å². The molecule has 0 fully saturated rings. The number of hydrogen-bond donors (Lipinski definition) is 1. The zero-order chi connectivity index (χ0) is 18.3. The van der Waals surface area contributed by atoms with Gasteiger partial charge in [0.2, 0.25) is 6.41 Å². The van der Waals surface area contributed by atoms with Crippen LogP contribution in [0.25, 0.3) is 0 Å². The van der Waals surface area contributed by atoms with E-state index in [1.807, 2.05) is 0 Å². The van der Waals surface area contributed by atoms with Crippen LogP contribution in [0.5, 0.6) is 0 Å². The van der Waals surface area contributed by atoms with Gasteiger partial charge in [-0.3, -0.25) is 4.79 Å². The molecule has 5 heteroatoms. The highest BCUT2D eigenvalue weighted by Crippen LogP contribution is 2.17. The van der Waals surface area contributed by atoms with Gasteiger partial charge < -0.3 is 10.1 Å². The lowest BCUT2D eigenvalue weighted by atomic mass is 10.1. The zero-order valence-electron chi connectivity index (χ0n) is 15.1. The van der Waals surface area contributed by atoms with Gasteiger partial charge in [-0.1, -0.05) is 70.4 Å². The molecule has 1 rings (SSSR count). The van der Waals surface area contributed by atoms with Gasteiger partial charge in [0, 0.05) is 0 Å². The number of nitrogens with one attached hydrogen (secondary N) is 1. The van der Waals surface area contributed by atoms with Crippen LogP contribution in [0.1, 0.15) is 75.1 Å². The van der Waals surface area contributed by atoms with Crippen LogP contribution in [0, 0.1) is 0 Å². The molecule has 0 saturated carbocycles. The van der Waals surface area contributed by atoms with Crippen molar-refractivity contribution in [3.05, 3.63) is 29.8 Å². The number of anilines is 1. The smallest absolute Gasteiger partial charge is 0.340 e. The van der Waals surface area contributed by atoms with Gasteiger partial charge in [-0.2, -0.15) is 0 Å². The molecule has 0 bridgehead atoms. The minimum Gasteiger partial charge on any atom is -0.460 e. The van der Waals surface area contributed by atoms with E-state index in [2.05, 4.69) is 12.2 Å². The highest BCUT2D eigenvalue weighted by molar-refractivity contribution is 6.20. The zero-order valence-corrected chi connectivity index (χ0v) is 15.9. The Hall–Kier alpha value is -1.55. The Morgan fingerprint density at radius 3 is 2.44 bits per heavy atom. The van der Waals surface area contributed by atoms with Gasteiger partial charge in [0.25, 0.3) is 0 Å².